The summed E-state index contributed by atoms with van der Waals surface area (Å²) in [6.07, 6.45) is 5.54. The number of benzene rings is 1. The highest BCUT2D eigenvalue weighted by atomic mass is 32.1. The maximum Gasteiger partial charge on any atom is 0.106 e. The van der Waals surface area contributed by atoms with Gasteiger partial charge in [0.05, 0.1) is 6.33 Å². The first kappa shape index (κ1) is 13.5. The molecule has 0 saturated carbocycles. The van der Waals surface area contributed by atoms with Crippen LogP contribution < -0.4 is 11.1 Å². The molecule has 1 aromatic carbocycles. The average molecular weight is 274 g/mol. The number of anilines is 1. The third kappa shape index (κ3) is 3.32. The molecule has 0 aliphatic carbocycles. The monoisotopic (exact) mass is 274 g/mol. The fourth-order valence-corrected chi connectivity index (χ4v) is 2.24. The number of imidazole rings is 1. The highest BCUT2D eigenvalue weighted by Gasteiger charge is 2.11. The smallest absolute Gasteiger partial charge is 0.106 e. The Kier molecular flexibility index (Phi) is 4.16. The van der Waals surface area contributed by atoms with Crippen LogP contribution in [0.2, 0.25) is 0 Å². The van der Waals surface area contributed by atoms with Gasteiger partial charge < -0.3 is 15.6 Å². The number of hydrogen-bond donors (Lipinski definition) is 2. The van der Waals surface area contributed by atoms with E-state index in [1.807, 2.05) is 42.2 Å². The Morgan fingerprint density at radius 2 is 2.32 bits per heavy atom. The van der Waals surface area contributed by atoms with E-state index in [9.17, 15) is 0 Å². The van der Waals surface area contributed by atoms with Crippen molar-refractivity contribution >= 4 is 22.9 Å². The first-order chi connectivity index (χ1) is 9.08. The van der Waals surface area contributed by atoms with E-state index in [1.165, 1.54) is 0 Å². The van der Waals surface area contributed by atoms with Crippen LogP contribution in [-0.4, -0.2) is 20.6 Å². The number of aryl methyl sites for hydroxylation is 1. The van der Waals surface area contributed by atoms with E-state index in [-0.39, 0.29) is 6.04 Å². The van der Waals surface area contributed by atoms with Crippen LogP contribution in [0.5, 0.6) is 0 Å². The van der Waals surface area contributed by atoms with E-state index in [0.29, 0.717) is 4.99 Å². The van der Waals surface area contributed by atoms with E-state index < -0.39 is 0 Å². The van der Waals surface area contributed by atoms with Gasteiger partial charge in [-0.15, -0.1) is 0 Å². The van der Waals surface area contributed by atoms with Crippen molar-refractivity contribution in [1.29, 1.82) is 0 Å². The van der Waals surface area contributed by atoms with Gasteiger partial charge in [0.15, 0.2) is 0 Å². The maximum absolute atomic E-state index is 5.77. The second-order valence-electron chi connectivity index (χ2n) is 4.67. The van der Waals surface area contributed by atoms with Crippen molar-refractivity contribution in [1.82, 2.24) is 9.55 Å². The summed E-state index contributed by atoms with van der Waals surface area (Å²) < 4.78 is 2.04. The summed E-state index contributed by atoms with van der Waals surface area (Å²) >= 11 is 5.10. The van der Waals surface area contributed by atoms with Crippen LogP contribution in [0.1, 0.15) is 18.1 Å². The first-order valence-electron chi connectivity index (χ1n) is 6.19. The lowest BCUT2D eigenvalue weighted by atomic mass is 10.1. The summed E-state index contributed by atoms with van der Waals surface area (Å²) in [7, 11) is 0. The van der Waals surface area contributed by atoms with E-state index >= 15 is 0 Å². The minimum atomic E-state index is 0.253. The van der Waals surface area contributed by atoms with E-state index in [2.05, 4.69) is 17.2 Å². The Morgan fingerprint density at radius 3 is 2.95 bits per heavy atom. The highest BCUT2D eigenvalue weighted by molar-refractivity contribution is 7.80. The summed E-state index contributed by atoms with van der Waals surface area (Å²) in [6, 6.07) is 6.22. The van der Waals surface area contributed by atoms with Gasteiger partial charge in [0.1, 0.15) is 4.99 Å². The number of hydrogen-bond acceptors (Lipinski definition) is 3. The van der Waals surface area contributed by atoms with Gasteiger partial charge in [-0.3, -0.25) is 0 Å². The molecule has 19 heavy (non-hydrogen) atoms. The second-order valence-corrected chi connectivity index (χ2v) is 5.11. The Morgan fingerprint density at radius 1 is 1.53 bits per heavy atom. The van der Waals surface area contributed by atoms with E-state index in [0.717, 1.165) is 23.4 Å². The summed E-state index contributed by atoms with van der Waals surface area (Å²) in [5, 5.41) is 3.48. The minimum Gasteiger partial charge on any atom is -0.389 e. The van der Waals surface area contributed by atoms with Crippen molar-refractivity contribution in [2.24, 2.45) is 5.73 Å². The van der Waals surface area contributed by atoms with Crippen molar-refractivity contribution in [2.45, 2.75) is 26.4 Å². The fraction of sp³-hybridized carbons (Fsp3) is 0.286. The summed E-state index contributed by atoms with van der Waals surface area (Å²) in [5.41, 5.74) is 8.83. The molecule has 0 fully saturated rings. The molecular weight excluding hydrogens is 256 g/mol. The van der Waals surface area contributed by atoms with Gasteiger partial charge in [0.25, 0.3) is 0 Å². The lowest BCUT2D eigenvalue weighted by molar-refractivity contribution is 0.618. The number of para-hydroxylation sites is 1. The maximum atomic E-state index is 5.77. The zero-order valence-corrected chi connectivity index (χ0v) is 11.9. The topological polar surface area (TPSA) is 55.9 Å². The third-order valence-electron chi connectivity index (χ3n) is 2.97. The normalized spacial score (nSPS) is 12.1. The Bertz CT molecular complexity index is 563. The molecule has 1 unspecified atom stereocenters. The molecule has 0 bridgehead atoms. The van der Waals surface area contributed by atoms with Gasteiger partial charge >= 0.3 is 0 Å². The largest absolute Gasteiger partial charge is 0.389 e. The lowest BCUT2D eigenvalue weighted by Gasteiger charge is -2.20. The first-order valence-corrected chi connectivity index (χ1v) is 6.60. The molecule has 0 amide bonds. The molecule has 1 aromatic heterocycles. The number of rotatable bonds is 5. The van der Waals surface area contributed by atoms with Gasteiger partial charge in [-0.05, 0) is 25.5 Å². The molecule has 2 rings (SSSR count). The van der Waals surface area contributed by atoms with Crippen molar-refractivity contribution < 1.29 is 0 Å². The minimum absolute atomic E-state index is 0.253. The molecule has 1 heterocycles. The van der Waals surface area contributed by atoms with Crippen LogP contribution in [0.3, 0.4) is 0 Å². The average Bonchev–Trinajstić information content (AvgIpc) is 2.84. The number of thiocarbonyl (C=S) groups is 1. The fourth-order valence-electron chi connectivity index (χ4n) is 2.07. The van der Waals surface area contributed by atoms with Gasteiger partial charge in [0.2, 0.25) is 0 Å². The number of aromatic nitrogens is 2. The van der Waals surface area contributed by atoms with Gasteiger partial charge in [-0.25, -0.2) is 4.98 Å². The van der Waals surface area contributed by atoms with Gasteiger partial charge in [0, 0.05) is 36.2 Å². The standard InChI is InChI=1S/C14H18N4S/c1-10-4-3-5-12(14(15)19)13(10)17-11(2)8-18-7-6-16-9-18/h3-7,9,11,17H,8H2,1-2H3,(H2,15,19). The molecule has 4 nitrogen and oxygen atoms in total. The zero-order chi connectivity index (χ0) is 13.8. The van der Waals surface area contributed by atoms with Crippen LogP contribution >= 0.6 is 12.2 Å². The number of nitrogens with two attached hydrogens (primary N) is 1. The van der Waals surface area contributed by atoms with Crippen molar-refractivity contribution in [2.75, 3.05) is 5.32 Å². The Balaban J connectivity index is 2.16. The number of nitrogens with one attached hydrogen (secondary N) is 1. The summed E-state index contributed by atoms with van der Waals surface area (Å²) in [5.74, 6) is 0. The van der Waals surface area contributed by atoms with E-state index in [4.69, 9.17) is 18.0 Å². The zero-order valence-electron chi connectivity index (χ0n) is 11.1. The van der Waals surface area contributed by atoms with Crippen molar-refractivity contribution in [3.63, 3.8) is 0 Å². The molecule has 0 aliphatic heterocycles. The second kappa shape index (κ2) is 5.84. The molecule has 1 atom stereocenters. The SMILES string of the molecule is Cc1cccc(C(N)=S)c1NC(C)Cn1ccnc1. The molecule has 100 valence electrons. The molecule has 2 aromatic rings. The molecule has 0 radical (unpaired) electrons. The van der Waals surface area contributed by atoms with Crippen LogP contribution in [-0.2, 0) is 6.54 Å². The highest BCUT2D eigenvalue weighted by Crippen LogP contribution is 2.21. The summed E-state index contributed by atoms with van der Waals surface area (Å²) in [6.45, 7) is 5.01. The van der Waals surface area contributed by atoms with Crippen molar-refractivity contribution in [3.8, 4) is 0 Å². The van der Waals surface area contributed by atoms with Crippen LogP contribution in [0.4, 0.5) is 5.69 Å². The third-order valence-corrected chi connectivity index (χ3v) is 3.19. The Hall–Kier alpha value is -1.88. The summed E-state index contributed by atoms with van der Waals surface area (Å²) in [4.78, 5) is 4.46. The van der Waals surface area contributed by atoms with Gasteiger partial charge in [-0.1, -0.05) is 24.4 Å². The molecule has 5 heteroatoms. The quantitative estimate of drug-likeness (QED) is 0.822. The lowest BCUT2D eigenvalue weighted by Crippen LogP contribution is -2.24. The Labute approximate surface area is 118 Å². The predicted octanol–water partition coefficient (Wildman–Crippen LogP) is 2.33. The van der Waals surface area contributed by atoms with Crippen molar-refractivity contribution in [3.05, 3.63) is 48.0 Å². The molecule has 3 N–H and O–H groups in total. The van der Waals surface area contributed by atoms with E-state index in [1.54, 1.807) is 6.20 Å². The van der Waals surface area contributed by atoms with Gasteiger partial charge in [-0.2, -0.15) is 0 Å². The van der Waals surface area contributed by atoms with Crippen LogP contribution in [0.25, 0.3) is 0 Å². The molecule has 0 spiro atoms. The molecule has 0 saturated heterocycles. The predicted molar refractivity (Wildman–Crippen MR) is 82.4 cm³/mol. The number of nitrogens with zero attached hydrogens (tertiary/aromatic N) is 2. The molecule has 0 aliphatic rings. The van der Waals surface area contributed by atoms with Crippen LogP contribution in [0, 0.1) is 6.92 Å². The van der Waals surface area contributed by atoms with Crippen LogP contribution in [0.15, 0.2) is 36.9 Å². The molecular formula is C14H18N4S.